The zero-order valence-electron chi connectivity index (χ0n) is 18.5. The second kappa shape index (κ2) is 11.4. The minimum atomic E-state index is -0.879. The van der Waals surface area contributed by atoms with E-state index >= 15 is 0 Å². The van der Waals surface area contributed by atoms with Gasteiger partial charge in [-0.15, -0.1) is 0 Å². The van der Waals surface area contributed by atoms with E-state index in [-0.39, 0.29) is 33.3 Å². The first kappa shape index (κ1) is 25.0. The van der Waals surface area contributed by atoms with Gasteiger partial charge in [-0.2, -0.15) is 9.37 Å². The molecule has 4 nitrogen and oxygen atoms in total. The molecule has 31 heavy (non-hydrogen) atoms. The number of aromatic hydroxyl groups is 1. The first-order valence-electron chi connectivity index (χ1n) is 10.2. The van der Waals surface area contributed by atoms with Gasteiger partial charge >= 0.3 is 0 Å². The molecule has 0 aliphatic rings. The summed E-state index contributed by atoms with van der Waals surface area (Å²) in [5.74, 6) is -0.132. The number of allylic oxidation sites excluding steroid dienone is 3. The number of hydrogen-bond acceptors (Lipinski definition) is 4. The van der Waals surface area contributed by atoms with E-state index in [1.165, 1.54) is 17.2 Å². The van der Waals surface area contributed by atoms with Crippen LogP contribution in [0, 0.1) is 5.95 Å². The smallest absolute Gasteiger partial charge is 0.237 e. The summed E-state index contributed by atoms with van der Waals surface area (Å²) in [6, 6.07) is 4.76. The Hall–Kier alpha value is -2.24. The Morgan fingerprint density at radius 3 is 2.55 bits per heavy atom. The fraction of sp³-hybridized carbons (Fsp3) is 0.375. The van der Waals surface area contributed by atoms with Gasteiger partial charge in [-0.1, -0.05) is 60.3 Å². The zero-order chi connectivity index (χ0) is 23.1. The van der Waals surface area contributed by atoms with Crippen molar-refractivity contribution in [2.45, 2.75) is 53.4 Å². The topological polar surface area (TPSA) is 54.4 Å². The molecule has 0 unspecified atom stereocenters. The van der Waals surface area contributed by atoms with Gasteiger partial charge in [-0.05, 0) is 57.7 Å². The first-order chi connectivity index (χ1) is 14.6. The summed E-state index contributed by atoms with van der Waals surface area (Å²) in [7, 11) is 0. The van der Waals surface area contributed by atoms with Gasteiger partial charge in [-0.25, -0.2) is 0 Å². The van der Waals surface area contributed by atoms with Crippen LogP contribution in [0.4, 0.5) is 10.2 Å². The van der Waals surface area contributed by atoms with Crippen molar-refractivity contribution in [3.63, 3.8) is 0 Å². The average Bonchev–Trinajstić information content (AvgIpc) is 2.69. The normalized spacial score (nSPS) is 11.6. The van der Waals surface area contributed by atoms with Crippen molar-refractivity contribution < 1.29 is 14.2 Å². The summed E-state index contributed by atoms with van der Waals surface area (Å²) in [5, 5.41) is 12.8. The molecule has 0 saturated heterocycles. The third-order valence-corrected chi connectivity index (χ3v) is 5.33. The number of ether oxygens (including phenoxy) is 1. The molecule has 0 fully saturated rings. The van der Waals surface area contributed by atoms with E-state index in [9.17, 15) is 9.50 Å². The van der Waals surface area contributed by atoms with Crippen molar-refractivity contribution in [2.24, 2.45) is 0 Å². The molecule has 0 radical (unpaired) electrons. The molecular weight excluding hydrogens is 438 g/mol. The van der Waals surface area contributed by atoms with Crippen LogP contribution in [0.15, 0.2) is 41.5 Å². The lowest BCUT2D eigenvalue weighted by atomic mass is 10.0. The number of hydrogen-bond donors (Lipinski definition) is 2. The molecule has 2 rings (SSSR count). The van der Waals surface area contributed by atoms with Crippen LogP contribution in [0.25, 0.3) is 0 Å². The number of halogens is 3. The fourth-order valence-electron chi connectivity index (χ4n) is 2.89. The van der Waals surface area contributed by atoms with E-state index in [0.29, 0.717) is 17.9 Å². The molecule has 1 heterocycles. The molecule has 0 spiro atoms. The van der Waals surface area contributed by atoms with Crippen LogP contribution in [-0.4, -0.2) is 16.6 Å². The standard InChI is InChI=1S/C24H29Cl2FN2O2/c1-14(2)7-6-8-16(5)11-12-28-24-21(26)22(20(25)23(27)29-24)31-17-9-10-19(30)18(13-17)15(3)4/h7,9-11,13,15,30H,6,8,12H2,1-5H3,(H,28,29). The predicted octanol–water partition coefficient (Wildman–Crippen LogP) is 8.25. The van der Waals surface area contributed by atoms with Crippen LogP contribution in [0.5, 0.6) is 17.2 Å². The van der Waals surface area contributed by atoms with Crippen molar-refractivity contribution in [3.05, 3.63) is 63.1 Å². The molecule has 7 heteroatoms. The van der Waals surface area contributed by atoms with E-state index in [1.54, 1.807) is 12.1 Å². The molecule has 0 amide bonds. The molecule has 1 aromatic carbocycles. The molecule has 0 saturated carbocycles. The predicted molar refractivity (Wildman–Crippen MR) is 127 cm³/mol. The molecule has 0 atom stereocenters. The van der Waals surface area contributed by atoms with Crippen LogP contribution in [-0.2, 0) is 0 Å². The third-order valence-electron chi connectivity index (χ3n) is 4.65. The van der Waals surface area contributed by atoms with Crippen LogP contribution in [0.2, 0.25) is 10.0 Å². The Morgan fingerprint density at radius 2 is 1.90 bits per heavy atom. The SMILES string of the molecule is CC(C)=CCCC(C)=CCNc1nc(F)c(Cl)c(Oc2ccc(O)c(C(C)C)c2)c1Cl. The number of phenolic OH excluding ortho intramolecular Hbond substituents is 1. The summed E-state index contributed by atoms with van der Waals surface area (Å²) >= 11 is 12.5. The summed E-state index contributed by atoms with van der Waals surface area (Å²) in [5.41, 5.74) is 3.20. The van der Waals surface area contributed by atoms with E-state index in [1.807, 2.05) is 26.8 Å². The molecule has 168 valence electrons. The lowest BCUT2D eigenvalue weighted by molar-refractivity contribution is 0.452. The average molecular weight is 467 g/mol. The van der Waals surface area contributed by atoms with Crippen molar-refractivity contribution in [1.82, 2.24) is 4.98 Å². The number of pyridine rings is 1. The maximum Gasteiger partial charge on any atom is 0.237 e. The number of nitrogens with zero attached hydrogens (tertiary/aromatic N) is 1. The van der Waals surface area contributed by atoms with Crippen molar-refractivity contribution in [1.29, 1.82) is 0 Å². The highest BCUT2D eigenvalue weighted by atomic mass is 35.5. The monoisotopic (exact) mass is 466 g/mol. The van der Waals surface area contributed by atoms with Crippen molar-refractivity contribution in [3.8, 4) is 17.2 Å². The largest absolute Gasteiger partial charge is 0.508 e. The Morgan fingerprint density at radius 1 is 1.19 bits per heavy atom. The number of benzene rings is 1. The molecule has 2 N–H and O–H groups in total. The number of anilines is 1. The summed E-state index contributed by atoms with van der Waals surface area (Å²) in [6.45, 7) is 10.5. The maximum absolute atomic E-state index is 14.3. The minimum Gasteiger partial charge on any atom is -0.508 e. The molecule has 1 aromatic heterocycles. The second-order valence-electron chi connectivity index (χ2n) is 7.94. The zero-order valence-corrected chi connectivity index (χ0v) is 20.0. The molecule has 0 bridgehead atoms. The summed E-state index contributed by atoms with van der Waals surface area (Å²) in [6.07, 6.45) is 6.12. The molecular formula is C24H29Cl2FN2O2. The van der Waals surface area contributed by atoms with Gasteiger partial charge in [0.05, 0.1) is 0 Å². The number of phenols is 1. The molecule has 0 aliphatic heterocycles. The Labute approximate surface area is 193 Å². The fourth-order valence-corrected chi connectivity index (χ4v) is 3.36. The Bertz CT molecular complexity index is 984. The van der Waals surface area contributed by atoms with E-state index in [0.717, 1.165) is 12.8 Å². The van der Waals surface area contributed by atoms with Crippen LogP contribution in [0.3, 0.4) is 0 Å². The van der Waals surface area contributed by atoms with Crippen LogP contribution >= 0.6 is 23.2 Å². The van der Waals surface area contributed by atoms with Gasteiger partial charge in [0.25, 0.3) is 0 Å². The van der Waals surface area contributed by atoms with Crippen LogP contribution in [0.1, 0.15) is 58.9 Å². The highest BCUT2D eigenvalue weighted by Crippen LogP contribution is 2.42. The number of nitrogens with one attached hydrogen (secondary N) is 1. The van der Waals surface area contributed by atoms with E-state index in [2.05, 4.69) is 30.2 Å². The minimum absolute atomic E-state index is 0.0250. The van der Waals surface area contributed by atoms with E-state index < -0.39 is 5.95 Å². The molecule has 2 aromatic rings. The highest BCUT2D eigenvalue weighted by Gasteiger charge is 2.20. The lowest BCUT2D eigenvalue weighted by Crippen LogP contribution is -2.05. The Kier molecular flexibility index (Phi) is 9.20. The van der Waals surface area contributed by atoms with Gasteiger partial charge in [0, 0.05) is 12.1 Å². The summed E-state index contributed by atoms with van der Waals surface area (Å²) < 4.78 is 20.1. The Balaban J connectivity index is 2.20. The molecule has 0 aliphatic carbocycles. The first-order valence-corrected chi connectivity index (χ1v) is 10.9. The third kappa shape index (κ3) is 7.15. The highest BCUT2D eigenvalue weighted by molar-refractivity contribution is 6.38. The summed E-state index contributed by atoms with van der Waals surface area (Å²) in [4.78, 5) is 3.82. The van der Waals surface area contributed by atoms with Gasteiger partial charge in [0.1, 0.15) is 21.5 Å². The lowest BCUT2D eigenvalue weighted by Gasteiger charge is -2.15. The van der Waals surface area contributed by atoms with E-state index in [4.69, 9.17) is 27.9 Å². The maximum atomic E-state index is 14.3. The van der Waals surface area contributed by atoms with Crippen molar-refractivity contribution >= 4 is 29.0 Å². The number of rotatable bonds is 9. The van der Waals surface area contributed by atoms with Gasteiger partial charge in [0.2, 0.25) is 5.95 Å². The van der Waals surface area contributed by atoms with Gasteiger partial charge in [0.15, 0.2) is 11.6 Å². The van der Waals surface area contributed by atoms with Gasteiger partial charge in [-0.3, -0.25) is 0 Å². The number of aromatic nitrogens is 1. The second-order valence-corrected chi connectivity index (χ2v) is 8.69. The van der Waals surface area contributed by atoms with Crippen molar-refractivity contribution in [2.75, 3.05) is 11.9 Å². The van der Waals surface area contributed by atoms with Gasteiger partial charge < -0.3 is 15.2 Å². The van der Waals surface area contributed by atoms with Crippen LogP contribution < -0.4 is 10.1 Å². The quantitative estimate of drug-likeness (QED) is 0.288.